The molecule has 0 fully saturated rings. The van der Waals surface area contributed by atoms with Gasteiger partial charge in [0.2, 0.25) is 0 Å². The zero-order valence-corrected chi connectivity index (χ0v) is 12.3. The van der Waals surface area contributed by atoms with E-state index in [1.807, 2.05) is 6.07 Å². The highest BCUT2D eigenvalue weighted by atomic mass is 79.9. The number of carbonyl (C=O) groups is 1. The lowest BCUT2D eigenvalue weighted by Gasteiger charge is -2.07. The number of ether oxygens (including phenoxy) is 1. The molecule has 2 rings (SSSR count). The van der Waals surface area contributed by atoms with Gasteiger partial charge < -0.3 is 10.1 Å². The lowest BCUT2D eigenvalue weighted by Crippen LogP contribution is -2.12. The summed E-state index contributed by atoms with van der Waals surface area (Å²) in [6, 6.07) is 8.87. The maximum Gasteiger partial charge on any atom is 0.269 e. The standard InChI is InChI=1S/C13H9BrN2O2S/c1-18-11-4-5-19-12(11)13(17)16-10-3-2-9(14)6-8(10)7-15/h2-6H,1H3,(H,16,17). The van der Waals surface area contributed by atoms with E-state index in [0.29, 0.717) is 21.9 Å². The van der Waals surface area contributed by atoms with Crippen molar-refractivity contribution in [1.29, 1.82) is 5.26 Å². The van der Waals surface area contributed by atoms with Crippen molar-refractivity contribution in [2.75, 3.05) is 12.4 Å². The molecule has 0 bridgehead atoms. The highest BCUT2D eigenvalue weighted by molar-refractivity contribution is 9.10. The average Bonchev–Trinajstić information content (AvgIpc) is 2.89. The van der Waals surface area contributed by atoms with E-state index >= 15 is 0 Å². The van der Waals surface area contributed by atoms with Gasteiger partial charge in [-0.25, -0.2) is 0 Å². The van der Waals surface area contributed by atoms with Gasteiger partial charge in [-0.15, -0.1) is 11.3 Å². The Labute approximate surface area is 122 Å². The molecule has 4 nitrogen and oxygen atoms in total. The van der Waals surface area contributed by atoms with E-state index in [1.54, 1.807) is 29.6 Å². The molecule has 96 valence electrons. The fraction of sp³-hybridized carbons (Fsp3) is 0.0769. The van der Waals surface area contributed by atoms with E-state index in [9.17, 15) is 4.79 Å². The van der Waals surface area contributed by atoms with Crippen LogP contribution in [0.15, 0.2) is 34.1 Å². The molecular formula is C13H9BrN2O2S. The number of rotatable bonds is 3. The topological polar surface area (TPSA) is 62.1 Å². The molecule has 0 radical (unpaired) electrons. The minimum Gasteiger partial charge on any atom is -0.495 e. The quantitative estimate of drug-likeness (QED) is 0.930. The van der Waals surface area contributed by atoms with Gasteiger partial charge in [0.25, 0.3) is 5.91 Å². The number of hydrogen-bond acceptors (Lipinski definition) is 4. The third-order valence-electron chi connectivity index (χ3n) is 2.41. The number of halogens is 1. The molecule has 0 aliphatic heterocycles. The number of amides is 1. The van der Waals surface area contributed by atoms with E-state index < -0.39 is 0 Å². The Hall–Kier alpha value is -1.84. The lowest BCUT2D eigenvalue weighted by molar-refractivity contribution is 0.102. The summed E-state index contributed by atoms with van der Waals surface area (Å²) in [7, 11) is 1.51. The molecule has 1 amide bonds. The van der Waals surface area contributed by atoms with Crippen LogP contribution in [-0.4, -0.2) is 13.0 Å². The van der Waals surface area contributed by atoms with Crippen LogP contribution in [-0.2, 0) is 0 Å². The average molecular weight is 337 g/mol. The van der Waals surface area contributed by atoms with Gasteiger partial charge in [0, 0.05) is 4.47 Å². The predicted octanol–water partition coefficient (Wildman–Crippen LogP) is 3.64. The van der Waals surface area contributed by atoms with Crippen LogP contribution in [0.5, 0.6) is 5.75 Å². The fourth-order valence-electron chi connectivity index (χ4n) is 1.52. The molecule has 0 spiro atoms. The third kappa shape index (κ3) is 2.95. The van der Waals surface area contributed by atoms with Crippen LogP contribution < -0.4 is 10.1 Å². The van der Waals surface area contributed by atoms with Crippen molar-refractivity contribution in [3.05, 3.63) is 44.6 Å². The van der Waals surface area contributed by atoms with Crippen molar-refractivity contribution in [2.24, 2.45) is 0 Å². The molecule has 19 heavy (non-hydrogen) atoms. The van der Waals surface area contributed by atoms with Gasteiger partial charge >= 0.3 is 0 Å². The zero-order chi connectivity index (χ0) is 13.8. The van der Waals surface area contributed by atoms with Crippen LogP contribution in [0.1, 0.15) is 15.2 Å². The summed E-state index contributed by atoms with van der Waals surface area (Å²) in [5, 5.41) is 13.5. The Morgan fingerprint density at radius 2 is 2.26 bits per heavy atom. The van der Waals surface area contributed by atoms with Gasteiger partial charge in [0.05, 0.1) is 18.4 Å². The molecule has 1 aromatic heterocycles. The number of hydrogen-bond donors (Lipinski definition) is 1. The molecule has 0 saturated carbocycles. The summed E-state index contributed by atoms with van der Waals surface area (Å²) in [4.78, 5) is 12.6. The van der Waals surface area contributed by atoms with Gasteiger partial charge in [-0.1, -0.05) is 15.9 Å². The van der Waals surface area contributed by atoms with Crippen molar-refractivity contribution in [3.8, 4) is 11.8 Å². The molecule has 0 atom stereocenters. The molecule has 1 N–H and O–H groups in total. The first kappa shape index (κ1) is 13.6. The van der Waals surface area contributed by atoms with E-state index in [4.69, 9.17) is 10.00 Å². The number of anilines is 1. The third-order valence-corrected chi connectivity index (χ3v) is 3.79. The Balaban J connectivity index is 2.27. The monoisotopic (exact) mass is 336 g/mol. The van der Waals surface area contributed by atoms with E-state index in [0.717, 1.165) is 4.47 Å². The molecule has 0 aliphatic rings. The van der Waals surface area contributed by atoms with Crippen molar-refractivity contribution in [2.45, 2.75) is 0 Å². The molecule has 2 aromatic rings. The van der Waals surface area contributed by atoms with Crippen LogP contribution >= 0.6 is 27.3 Å². The first-order chi connectivity index (χ1) is 9.15. The van der Waals surface area contributed by atoms with Crippen LogP contribution in [0.25, 0.3) is 0 Å². The van der Waals surface area contributed by atoms with Gasteiger partial charge in [0.1, 0.15) is 16.7 Å². The predicted molar refractivity (Wildman–Crippen MR) is 77.7 cm³/mol. The van der Waals surface area contributed by atoms with Crippen LogP contribution in [0.4, 0.5) is 5.69 Å². The van der Waals surface area contributed by atoms with Gasteiger partial charge in [-0.2, -0.15) is 5.26 Å². The molecule has 0 saturated heterocycles. The molecule has 0 unspecified atom stereocenters. The largest absolute Gasteiger partial charge is 0.495 e. The van der Waals surface area contributed by atoms with E-state index in [1.165, 1.54) is 18.4 Å². The summed E-state index contributed by atoms with van der Waals surface area (Å²) in [5.74, 6) is 0.240. The van der Waals surface area contributed by atoms with E-state index in [2.05, 4.69) is 21.2 Å². The maximum absolute atomic E-state index is 12.1. The van der Waals surface area contributed by atoms with E-state index in [-0.39, 0.29) is 5.91 Å². The maximum atomic E-state index is 12.1. The second-order valence-electron chi connectivity index (χ2n) is 3.57. The number of nitrogens with zero attached hydrogens (tertiary/aromatic N) is 1. The summed E-state index contributed by atoms with van der Waals surface area (Å²) in [6.07, 6.45) is 0. The SMILES string of the molecule is COc1ccsc1C(=O)Nc1ccc(Br)cc1C#N. The second kappa shape index (κ2) is 5.87. The van der Waals surface area contributed by atoms with Crippen molar-refractivity contribution < 1.29 is 9.53 Å². The summed E-state index contributed by atoms with van der Waals surface area (Å²) < 4.78 is 5.88. The number of methoxy groups -OCH3 is 1. The molecular weight excluding hydrogens is 328 g/mol. The minimum absolute atomic E-state index is 0.286. The van der Waals surface area contributed by atoms with Crippen molar-refractivity contribution in [1.82, 2.24) is 0 Å². The first-order valence-electron chi connectivity index (χ1n) is 5.28. The number of thiophene rings is 1. The number of nitrogens with one attached hydrogen (secondary N) is 1. The second-order valence-corrected chi connectivity index (χ2v) is 5.41. The van der Waals surface area contributed by atoms with Gasteiger partial charge in [0.15, 0.2) is 0 Å². The molecule has 1 heterocycles. The Kier molecular flexibility index (Phi) is 4.20. The van der Waals surface area contributed by atoms with Gasteiger partial charge in [-0.05, 0) is 29.6 Å². The zero-order valence-electron chi connectivity index (χ0n) is 9.94. The Bertz CT molecular complexity index is 661. The molecule has 1 aromatic carbocycles. The molecule has 6 heteroatoms. The van der Waals surface area contributed by atoms with Gasteiger partial charge in [-0.3, -0.25) is 4.79 Å². The summed E-state index contributed by atoms with van der Waals surface area (Å²) in [5.41, 5.74) is 0.879. The number of nitriles is 1. The summed E-state index contributed by atoms with van der Waals surface area (Å²) >= 11 is 4.57. The highest BCUT2D eigenvalue weighted by Crippen LogP contribution is 2.27. The van der Waals surface area contributed by atoms with Crippen LogP contribution in [0, 0.1) is 11.3 Å². The normalized spacial score (nSPS) is 9.74. The number of benzene rings is 1. The minimum atomic E-state index is -0.286. The van der Waals surface area contributed by atoms with Crippen LogP contribution in [0.2, 0.25) is 0 Å². The Morgan fingerprint density at radius 1 is 1.47 bits per heavy atom. The van der Waals surface area contributed by atoms with Crippen molar-refractivity contribution >= 4 is 38.9 Å². The fourth-order valence-corrected chi connectivity index (χ4v) is 2.64. The lowest BCUT2D eigenvalue weighted by atomic mass is 10.2. The summed E-state index contributed by atoms with van der Waals surface area (Å²) in [6.45, 7) is 0. The highest BCUT2D eigenvalue weighted by Gasteiger charge is 2.15. The Morgan fingerprint density at radius 3 is 2.95 bits per heavy atom. The van der Waals surface area contributed by atoms with Crippen molar-refractivity contribution in [3.63, 3.8) is 0 Å². The smallest absolute Gasteiger partial charge is 0.269 e. The molecule has 0 aliphatic carbocycles. The number of carbonyl (C=O) groups excluding carboxylic acids is 1. The van der Waals surface area contributed by atoms with Crippen LogP contribution in [0.3, 0.4) is 0 Å². The first-order valence-corrected chi connectivity index (χ1v) is 6.95.